The number of nitrogens with one attached hydrogen (secondary N) is 2. The average molecular weight is 91.2 g/mol. The maximum absolute atomic E-state index is 6.87. The Morgan fingerprint density at radius 1 is 1.80 bits per heavy atom. The number of hydrogen-bond donors (Lipinski definition) is 2. The predicted octanol–water partition coefficient (Wildman–Crippen LogP) is -0.258. The molecule has 2 N–H and O–H groups in total. The topological polar surface area (TPSA) is 24.1 Å². The molecule has 0 aliphatic carbocycles. The first-order chi connectivity index (χ1) is 2.89. The van der Waals surface area contributed by atoms with Crippen LogP contribution in [-0.4, -0.2) is 13.1 Å². The molecule has 1 aliphatic heterocycles. The highest BCUT2D eigenvalue weighted by molar-refractivity contribution is 7.95. The van der Waals surface area contributed by atoms with Crippen LogP contribution >= 0.6 is 12.1 Å². The minimum Gasteiger partial charge on any atom is -0.249 e. The summed E-state index contributed by atoms with van der Waals surface area (Å²) in [5.41, 5.74) is 0. The third-order valence-corrected chi connectivity index (χ3v) is 1.08. The quantitative estimate of drug-likeness (QED) is 0.402. The van der Waals surface area contributed by atoms with Crippen LogP contribution < -0.4 is 9.44 Å². The van der Waals surface area contributed by atoms with E-state index in [1.54, 1.807) is 0 Å². The SMILES string of the molecule is [2H]N1CCNS1. The lowest BCUT2D eigenvalue weighted by atomic mass is 10.7. The normalized spacial score (nSPS) is 30.8. The van der Waals surface area contributed by atoms with Crippen molar-refractivity contribution in [2.75, 3.05) is 13.1 Å². The lowest BCUT2D eigenvalue weighted by Crippen LogP contribution is -1.99. The molecule has 5 heavy (non-hydrogen) atoms. The molecule has 0 aromatic carbocycles. The fraction of sp³-hybridized carbons (Fsp3) is 1.00. The second kappa shape index (κ2) is 1.64. The Bertz CT molecular complexity index is 44.8. The molecule has 1 heterocycles. The first-order valence-electron chi connectivity index (χ1n) is 2.00. The standard InChI is InChI=1S/C2H6N2S/c1-2-4-5-3-1/h3-4H,1-2H2/i/hD. The Kier molecular flexibility index (Phi) is 0.804. The molecule has 1 aliphatic rings. The van der Waals surface area contributed by atoms with E-state index in [0.29, 0.717) is 0 Å². The Hall–Kier alpha value is 0.270. The zero-order chi connectivity index (χ0) is 4.41. The van der Waals surface area contributed by atoms with Crippen molar-refractivity contribution in [2.45, 2.75) is 0 Å². The van der Waals surface area contributed by atoms with Gasteiger partial charge in [0, 0.05) is 25.2 Å². The van der Waals surface area contributed by atoms with Gasteiger partial charge in [0.1, 0.15) is 1.41 Å². The molecule has 1 fully saturated rings. The van der Waals surface area contributed by atoms with Crippen LogP contribution in [0.3, 0.4) is 0 Å². The number of hydrogen-bond acceptors (Lipinski definition) is 3. The molecule has 0 saturated carbocycles. The highest BCUT2D eigenvalue weighted by Crippen LogP contribution is 1.87. The molecule has 0 atom stereocenters. The lowest BCUT2D eigenvalue weighted by Gasteiger charge is -1.75. The van der Waals surface area contributed by atoms with Crippen molar-refractivity contribution in [3.05, 3.63) is 0 Å². The first kappa shape index (κ1) is 2.44. The van der Waals surface area contributed by atoms with E-state index in [-0.39, 0.29) is 0 Å². The summed E-state index contributed by atoms with van der Waals surface area (Å²) in [5, 5.41) is 0. The summed E-state index contributed by atoms with van der Waals surface area (Å²) < 4.78 is 11.2. The Labute approximate surface area is 37.1 Å². The van der Waals surface area contributed by atoms with Gasteiger partial charge in [-0.1, -0.05) is 0 Å². The van der Waals surface area contributed by atoms with E-state index in [1.165, 1.54) is 16.8 Å². The van der Waals surface area contributed by atoms with E-state index in [4.69, 9.17) is 1.41 Å². The monoisotopic (exact) mass is 91.0 g/mol. The molecule has 3 heteroatoms. The largest absolute Gasteiger partial charge is 0.249 e. The summed E-state index contributed by atoms with van der Waals surface area (Å²) in [7, 11) is 0. The average Bonchev–Trinajstić information content (AvgIpc) is 1.86. The van der Waals surface area contributed by atoms with E-state index in [0.717, 1.165) is 13.1 Å². The van der Waals surface area contributed by atoms with Gasteiger partial charge in [0.15, 0.2) is 0 Å². The van der Waals surface area contributed by atoms with Gasteiger partial charge in [-0.3, -0.25) is 0 Å². The zero-order valence-electron chi connectivity index (χ0n) is 3.77. The van der Waals surface area contributed by atoms with Crippen molar-refractivity contribution in [1.82, 2.24) is 9.44 Å². The van der Waals surface area contributed by atoms with Gasteiger partial charge >= 0.3 is 0 Å². The van der Waals surface area contributed by atoms with Crippen LogP contribution in [-0.2, 0) is 0 Å². The Morgan fingerprint density at radius 3 is 3.00 bits per heavy atom. The van der Waals surface area contributed by atoms with Gasteiger partial charge in [-0.05, 0) is 0 Å². The summed E-state index contributed by atoms with van der Waals surface area (Å²) in [4.78, 5) is 0. The van der Waals surface area contributed by atoms with E-state index in [9.17, 15) is 0 Å². The van der Waals surface area contributed by atoms with Crippen molar-refractivity contribution >= 4 is 12.1 Å². The van der Waals surface area contributed by atoms with Gasteiger partial charge in [-0.25, -0.2) is 9.44 Å². The predicted molar refractivity (Wildman–Crippen MR) is 23.6 cm³/mol. The third-order valence-electron chi connectivity index (χ3n) is 0.434. The summed E-state index contributed by atoms with van der Waals surface area (Å²) in [6.45, 7) is 1.78. The highest BCUT2D eigenvalue weighted by Gasteiger charge is 1.92. The van der Waals surface area contributed by atoms with Crippen molar-refractivity contribution < 1.29 is 1.41 Å². The van der Waals surface area contributed by atoms with Gasteiger partial charge < -0.3 is 0 Å². The lowest BCUT2D eigenvalue weighted by molar-refractivity contribution is 0.942. The van der Waals surface area contributed by atoms with Gasteiger partial charge in [-0.15, -0.1) is 0 Å². The smallest absolute Gasteiger partial charge is 0.137 e. The molecule has 1 rings (SSSR count). The minimum absolute atomic E-state index is 0.838. The molecule has 0 radical (unpaired) electrons. The number of rotatable bonds is 0. The van der Waals surface area contributed by atoms with Crippen LogP contribution in [0, 0.1) is 0 Å². The van der Waals surface area contributed by atoms with Crippen LogP contribution in [0.15, 0.2) is 0 Å². The van der Waals surface area contributed by atoms with Crippen molar-refractivity contribution in [2.24, 2.45) is 0 Å². The molecule has 0 spiro atoms. The van der Waals surface area contributed by atoms with Gasteiger partial charge in [0.25, 0.3) is 0 Å². The summed E-state index contributed by atoms with van der Waals surface area (Å²) in [5.74, 6) is 0. The fourth-order valence-corrected chi connectivity index (χ4v) is 0.685. The van der Waals surface area contributed by atoms with E-state index in [1.807, 2.05) is 0 Å². The zero-order valence-corrected chi connectivity index (χ0v) is 3.59. The van der Waals surface area contributed by atoms with Crippen molar-refractivity contribution in [3.8, 4) is 0 Å². The highest BCUT2D eigenvalue weighted by atomic mass is 32.2. The second-order valence-electron chi connectivity index (χ2n) is 0.838. The van der Waals surface area contributed by atoms with Gasteiger partial charge in [-0.2, -0.15) is 0 Å². The summed E-state index contributed by atoms with van der Waals surface area (Å²) >= 11 is 1.35. The maximum Gasteiger partial charge on any atom is 0.137 e. The summed E-state index contributed by atoms with van der Waals surface area (Å²) in [6.07, 6.45) is 0. The van der Waals surface area contributed by atoms with E-state index in [2.05, 4.69) is 4.72 Å². The molecule has 30 valence electrons. The summed E-state index contributed by atoms with van der Waals surface area (Å²) in [6, 6.07) is 0. The fourth-order valence-electron chi connectivity index (χ4n) is 0.228. The van der Waals surface area contributed by atoms with Crippen LogP contribution in [0.5, 0.6) is 0 Å². The van der Waals surface area contributed by atoms with Gasteiger partial charge in [0.05, 0.1) is 0 Å². The van der Waals surface area contributed by atoms with Gasteiger partial charge in [0.2, 0.25) is 0 Å². The van der Waals surface area contributed by atoms with Crippen LogP contribution in [0.2, 0.25) is 1.41 Å². The van der Waals surface area contributed by atoms with E-state index >= 15 is 0 Å². The Morgan fingerprint density at radius 2 is 2.80 bits per heavy atom. The van der Waals surface area contributed by atoms with E-state index < -0.39 is 0 Å². The van der Waals surface area contributed by atoms with Crippen molar-refractivity contribution in [3.63, 3.8) is 0 Å². The molecular formula is C2H6N2S. The molecule has 1 saturated heterocycles. The molecule has 0 aromatic heterocycles. The molecular weight excluding hydrogens is 84.1 g/mol. The molecule has 0 unspecified atom stereocenters. The van der Waals surface area contributed by atoms with Crippen molar-refractivity contribution in [1.29, 1.82) is 0 Å². The molecule has 0 amide bonds. The van der Waals surface area contributed by atoms with Crippen LogP contribution in [0.4, 0.5) is 0 Å². The van der Waals surface area contributed by atoms with Crippen LogP contribution in [0.1, 0.15) is 0 Å². The first-order valence-corrected chi connectivity index (χ1v) is 2.33. The maximum atomic E-state index is 6.87. The molecule has 0 aromatic rings. The third kappa shape index (κ3) is 0.792. The molecule has 0 bridgehead atoms. The molecule has 2 nitrogen and oxygen atoms in total. The Balaban J connectivity index is 2.18. The second-order valence-corrected chi connectivity index (χ2v) is 1.57. The van der Waals surface area contributed by atoms with Crippen LogP contribution in [0.25, 0.3) is 0 Å². The minimum atomic E-state index is 0.838.